The van der Waals surface area contributed by atoms with E-state index in [2.05, 4.69) is 10.3 Å². The number of nitrogens with one attached hydrogen (secondary N) is 1. The lowest BCUT2D eigenvalue weighted by molar-refractivity contribution is -0.136. The first kappa shape index (κ1) is 22.3. The number of thioether (sulfide) groups is 1. The molecule has 1 fully saturated rings. The van der Waals surface area contributed by atoms with Crippen molar-refractivity contribution < 1.29 is 23.8 Å². The highest BCUT2D eigenvalue weighted by Crippen LogP contribution is 2.30. The zero-order chi connectivity index (χ0) is 23.4. The number of carbonyl (C=O) groups is 2. The number of methoxy groups -OCH3 is 1. The summed E-state index contributed by atoms with van der Waals surface area (Å²) in [4.78, 5) is 28.0. The lowest BCUT2D eigenvalue weighted by Gasteiger charge is -2.06. The van der Waals surface area contributed by atoms with Gasteiger partial charge in [0.05, 0.1) is 24.1 Å². The van der Waals surface area contributed by atoms with E-state index in [0.717, 1.165) is 16.7 Å². The zero-order valence-electron chi connectivity index (χ0n) is 17.5. The minimum atomic E-state index is -0.897. The molecule has 33 heavy (non-hydrogen) atoms. The Morgan fingerprint density at radius 3 is 2.42 bits per heavy atom. The molecule has 0 bridgehead atoms. The van der Waals surface area contributed by atoms with Crippen molar-refractivity contribution in [1.29, 1.82) is 0 Å². The summed E-state index contributed by atoms with van der Waals surface area (Å²) in [6.45, 7) is 0. The smallest absolute Gasteiger partial charge is 0.307 e. The van der Waals surface area contributed by atoms with Gasteiger partial charge in [0.25, 0.3) is 5.91 Å². The number of ether oxygens (including phenoxy) is 1. The lowest BCUT2D eigenvalue weighted by atomic mass is 10.0. The highest BCUT2D eigenvalue weighted by Gasteiger charge is 2.23. The highest BCUT2D eigenvalue weighted by atomic mass is 32.2. The predicted molar refractivity (Wildman–Crippen MR) is 127 cm³/mol. The number of hydrogen-bond acceptors (Lipinski definition) is 5. The topological polar surface area (TPSA) is 88.0 Å². The van der Waals surface area contributed by atoms with Crippen molar-refractivity contribution in [2.45, 2.75) is 6.42 Å². The van der Waals surface area contributed by atoms with Gasteiger partial charge in [-0.2, -0.15) is 0 Å². The lowest BCUT2D eigenvalue weighted by Crippen LogP contribution is -2.19. The molecule has 6 nitrogen and oxygen atoms in total. The minimum Gasteiger partial charge on any atom is -0.494 e. The van der Waals surface area contributed by atoms with Crippen molar-refractivity contribution in [2.75, 3.05) is 7.11 Å². The van der Waals surface area contributed by atoms with Gasteiger partial charge in [0.1, 0.15) is 0 Å². The normalized spacial score (nSPS) is 15.6. The third-order valence-corrected chi connectivity index (χ3v) is 5.78. The van der Waals surface area contributed by atoms with Gasteiger partial charge in [-0.1, -0.05) is 42.5 Å². The summed E-state index contributed by atoms with van der Waals surface area (Å²) in [6, 6.07) is 19.0. The van der Waals surface area contributed by atoms with Crippen LogP contribution in [0.4, 0.5) is 10.1 Å². The second kappa shape index (κ2) is 9.70. The van der Waals surface area contributed by atoms with E-state index in [0.29, 0.717) is 21.3 Å². The van der Waals surface area contributed by atoms with Gasteiger partial charge in [0.2, 0.25) is 0 Å². The number of amides is 1. The molecule has 0 aliphatic carbocycles. The molecule has 0 spiro atoms. The van der Waals surface area contributed by atoms with Crippen LogP contribution in [0.3, 0.4) is 0 Å². The molecule has 0 unspecified atom stereocenters. The number of benzene rings is 3. The van der Waals surface area contributed by atoms with E-state index in [1.165, 1.54) is 24.9 Å². The number of carboxylic acid groups (broad SMARTS) is 1. The fourth-order valence-corrected chi connectivity index (χ4v) is 4.07. The molecule has 1 aliphatic rings. The predicted octanol–water partition coefficient (Wildman–Crippen LogP) is 5.02. The van der Waals surface area contributed by atoms with Gasteiger partial charge < -0.3 is 15.2 Å². The number of aliphatic imine (C=N–C) groups is 1. The molecule has 1 heterocycles. The Balaban J connectivity index is 1.47. The molecule has 3 aromatic rings. The minimum absolute atomic E-state index is 0.0541. The molecular formula is C25H19FN2O4S. The molecule has 1 amide bonds. The Morgan fingerprint density at radius 2 is 1.79 bits per heavy atom. The van der Waals surface area contributed by atoms with Gasteiger partial charge in [0.15, 0.2) is 16.7 Å². The molecule has 2 N–H and O–H groups in total. The molecular weight excluding hydrogens is 443 g/mol. The molecule has 0 saturated carbocycles. The van der Waals surface area contributed by atoms with Crippen LogP contribution in [0.2, 0.25) is 0 Å². The van der Waals surface area contributed by atoms with Crippen LogP contribution in [0, 0.1) is 5.82 Å². The molecule has 1 saturated heterocycles. The summed E-state index contributed by atoms with van der Waals surface area (Å²) in [6.07, 6.45) is 1.71. The summed E-state index contributed by atoms with van der Waals surface area (Å²) >= 11 is 1.22. The summed E-state index contributed by atoms with van der Waals surface area (Å²) in [5, 5.41) is 12.0. The maximum absolute atomic E-state index is 14.0. The molecule has 1 aliphatic heterocycles. The van der Waals surface area contributed by atoms with Crippen LogP contribution in [-0.2, 0) is 16.0 Å². The molecule has 0 radical (unpaired) electrons. The number of halogens is 1. The largest absolute Gasteiger partial charge is 0.494 e. The van der Waals surface area contributed by atoms with Crippen molar-refractivity contribution in [1.82, 2.24) is 5.32 Å². The highest BCUT2D eigenvalue weighted by molar-refractivity contribution is 8.18. The van der Waals surface area contributed by atoms with E-state index >= 15 is 0 Å². The van der Waals surface area contributed by atoms with Crippen LogP contribution in [0.5, 0.6) is 5.75 Å². The summed E-state index contributed by atoms with van der Waals surface area (Å²) in [5.41, 5.74) is 3.69. The van der Waals surface area contributed by atoms with Crippen molar-refractivity contribution in [2.24, 2.45) is 4.99 Å². The van der Waals surface area contributed by atoms with Gasteiger partial charge in [-0.05, 0) is 64.4 Å². The Bertz CT molecular complexity index is 1270. The maximum atomic E-state index is 14.0. The van der Waals surface area contributed by atoms with Crippen LogP contribution < -0.4 is 10.1 Å². The van der Waals surface area contributed by atoms with E-state index in [1.807, 2.05) is 24.3 Å². The summed E-state index contributed by atoms with van der Waals surface area (Å²) in [5.74, 6) is -1.38. The van der Waals surface area contributed by atoms with Crippen LogP contribution in [0.1, 0.15) is 11.1 Å². The Morgan fingerprint density at radius 1 is 1.09 bits per heavy atom. The van der Waals surface area contributed by atoms with E-state index < -0.39 is 11.8 Å². The Hall–Kier alpha value is -3.91. The molecule has 4 rings (SSSR count). The van der Waals surface area contributed by atoms with E-state index in [4.69, 9.17) is 9.84 Å². The molecule has 8 heteroatoms. The summed E-state index contributed by atoms with van der Waals surface area (Å²) < 4.78 is 18.9. The Labute approximate surface area is 193 Å². The third kappa shape index (κ3) is 5.48. The average Bonchev–Trinajstić information content (AvgIpc) is 3.13. The van der Waals surface area contributed by atoms with E-state index in [-0.39, 0.29) is 18.1 Å². The number of carboxylic acids is 1. The van der Waals surface area contributed by atoms with E-state index in [1.54, 1.807) is 42.5 Å². The van der Waals surface area contributed by atoms with Crippen LogP contribution in [-0.4, -0.2) is 29.3 Å². The molecule has 166 valence electrons. The maximum Gasteiger partial charge on any atom is 0.307 e. The van der Waals surface area contributed by atoms with Crippen molar-refractivity contribution in [3.63, 3.8) is 0 Å². The van der Waals surface area contributed by atoms with Crippen LogP contribution >= 0.6 is 11.8 Å². The number of rotatable bonds is 6. The standard InChI is InChI=1S/C25H19FN2O4S/c1-32-21-11-8-18(14-20(21)26)17-6-2-15(3-7-17)12-22-24(31)28-25(33-22)27-19-9-4-16(5-10-19)13-23(29)30/h2-12,14H,13H2,1H3,(H,29,30)(H,27,28,31). The van der Waals surface area contributed by atoms with Gasteiger partial charge >= 0.3 is 5.97 Å². The van der Waals surface area contributed by atoms with Crippen LogP contribution in [0.15, 0.2) is 76.6 Å². The third-order valence-electron chi connectivity index (χ3n) is 4.87. The first-order valence-electron chi connectivity index (χ1n) is 9.95. The van der Waals surface area contributed by atoms with E-state index in [9.17, 15) is 14.0 Å². The Kier molecular flexibility index (Phi) is 6.55. The van der Waals surface area contributed by atoms with Gasteiger partial charge in [0, 0.05) is 0 Å². The fraction of sp³-hybridized carbons (Fsp3) is 0.0800. The molecule has 3 aromatic carbocycles. The number of aliphatic carboxylic acids is 1. The van der Waals surface area contributed by atoms with Gasteiger partial charge in [-0.15, -0.1) is 0 Å². The second-order valence-corrected chi connectivity index (χ2v) is 8.22. The number of amidine groups is 1. The number of nitrogens with zero attached hydrogens (tertiary/aromatic N) is 1. The molecule has 0 atom stereocenters. The SMILES string of the molecule is COc1ccc(-c2ccc(C=C3SC(=Nc4ccc(CC(=O)O)cc4)NC3=O)cc2)cc1F. The fourth-order valence-electron chi connectivity index (χ4n) is 3.23. The zero-order valence-corrected chi connectivity index (χ0v) is 18.4. The quantitative estimate of drug-likeness (QED) is 0.502. The number of hydrogen-bond donors (Lipinski definition) is 2. The molecule has 0 aromatic heterocycles. The first-order chi connectivity index (χ1) is 15.9. The van der Waals surface area contributed by atoms with Gasteiger partial charge in [-0.25, -0.2) is 9.38 Å². The van der Waals surface area contributed by atoms with Crippen molar-refractivity contribution in [3.05, 3.63) is 88.6 Å². The monoisotopic (exact) mass is 462 g/mol. The van der Waals surface area contributed by atoms with Crippen molar-refractivity contribution >= 4 is 40.6 Å². The van der Waals surface area contributed by atoms with Crippen molar-refractivity contribution in [3.8, 4) is 16.9 Å². The second-order valence-electron chi connectivity index (χ2n) is 7.19. The average molecular weight is 463 g/mol. The number of carbonyl (C=O) groups excluding carboxylic acids is 1. The summed E-state index contributed by atoms with van der Waals surface area (Å²) in [7, 11) is 1.42. The van der Waals surface area contributed by atoms with Crippen LogP contribution in [0.25, 0.3) is 17.2 Å². The van der Waals surface area contributed by atoms with Gasteiger partial charge in [-0.3, -0.25) is 9.59 Å². The first-order valence-corrected chi connectivity index (χ1v) is 10.8.